The van der Waals surface area contributed by atoms with Gasteiger partial charge in [0.1, 0.15) is 19.8 Å². The van der Waals surface area contributed by atoms with E-state index < -0.39 is 32.5 Å². The van der Waals surface area contributed by atoms with Crippen LogP contribution >= 0.6 is 7.82 Å². The normalized spacial score (nSPS) is 14.2. The van der Waals surface area contributed by atoms with Gasteiger partial charge in [-0.3, -0.25) is 14.2 Å². The lowest BCUT2D eigenvalue weighted by Gasteiger charge is -2.28. The molecule has 0 saturated heterocycles. The van der Waals surface area contributed by atoms with E-state index >= 15 is 0 Å². The lowest BCUT2D eigenvalue weighted by molar-refractivity contribution is -0.870. The van der Waals surface area contributed by atoms with E-state index in [1.165, 1.54) is 77.0 Å². The Kier molecular flexibility index (Phi) is 53.1. The summed E-state index contributed by atoms with van der Waals surface area (Å²) in [5.41, 5.74) is 0. The molecule has 9 nitrogen and oxygen atoms in total. The van der Waals surface area contributed by atoms with Crippen molar-refractivity contribution in [3.8, 4) is 0 Å². The average Bonchev–Trinajstić information content (AvgIpc) is 3.38. The molecule has 76 heavy (non-hydrogen) atoms. The maximum Gasteiger partial charge on any atom is 0.306 e. The van der Waals surface area contributed by atoms with Gasteiger partial charge in [0.25, 0.3) is 7.82 Å². The molecule has 0 amide bonds. The third-order valence-corrected chi connectivity index (χ3v) is 13.1. The van der Waals surface area contributed by atoms with E-state index in [4.69, 9.17) is 18.5 Å². The number of quaternary nitrogens is 1. The lowest BCUT2D eigenvalue weighted by Crippen LogP contribution is -2.37. The summed E-state index contributed by atoms with van der Waals surface area (Å²) in [6.45, 7) is 3.95. The van der Waals surface area contributed by atoms with Gasteiger partial charge in [-0.25, -0.2) is 0 Å². The molecule has 0 fully saturated rings. The molecule has 0 aliphatic rings. The molecule has 432 valence electrons. The SMILES string of the molecule is CC/C=C\C/C=C\C/C=C\C/C=C\C/C=C\C/C=C\CCCCC(=O)OC(COC(=O)CCCCCCCCCCCCCCCCC/C=C\C/C=C\C/C=C\C/C=C\C/C=C\CC)COP(=O)([O-])OCC[N+](C)(C)C. The van der Waals surface area contributed by atoms with Crippen LogP contribution in [0, 0.1) is 0 Å². The standard InChI is InChI=1S/C66H110NO8P/c1-6-8-10-12-14-16-18-20-22-24-26-28-29-30-31-32-33-34-35-36-37-39-40-42-44-46-48-50-52-54-56-58-65(68)72-62-64(63-74-76(70,71)73-61-60-67(3,4)5)75-66(69)59-57-55-53-51-49-47-45-43-41-38-27-25-23-21-19-17-15-13-11-9-7-2/h8-11,14-17,20-23,26-28,30-31,38,43,45,49,51,64H,6-7,12-13,18-19,24-25,29,32-37,39-42,44,46-48,50,52-63H2,1-5H3/b10-8-,11-9-,16-14-,17-15-,22-20-,23-21-,28-26-,31-30-,38-27-,45-43-,51-49-. The minimum absolute atomic E-state index is 0.0462. The zero-order chi connectivity index (χ0) is 55.6. The third-order valence-electron chi connectivity index (χ3n) is 12.2. The molecule has 0 aromatic rings. The van der Waals surface area contributed by atoms with E-state index in [1.807, 2.05) is 21.1 Å². The number of unbranched alkanes of at least 4 members (excludes halogenated alkanes) is 17. The number of carbonyl (C=O) groups is 2. The number of nitrogens with zero attached hydrogens (tertiary/aromatic N) is 1. The van der Waals surface area contributed by atoms with Crippen molar-refractivity contribution in [2.24, 2.45) is 0 Å². The van der Waals surface area contributed by atoms with E-state index in [-0.39, 0.29) is 26.1 Å². The number of esters is 2. The maximum absolute atomic E-state index is 12.8. The highest BCUT2D eigenvalue weighted by atomic mass is 31.2. The van der Waals surface area contributed by atoms with Gasteiger partial charge >= 0.3 is 11.9 Å². The van der Waals surface area contributed by atoms with Gasteiger partial charge in [0.05, 0.1) is 27.7 Å². The fourth-order valence-electron chi connectivity index (χ4n) is 7.63. The minimum Gasteiger partial charge on any atom is -0.756 e. The first-order valence-corrected chi connectivity index (χ1v) is 31.4. The van der Waals surface area contributed by atoms with Crippen molar-refractivity contribution in [1.82, 2.24) is 0 Å². The highest BCUT2D eigenvalue weighted by Gasteiger charge is 2.21. The van der Waals surface area contributed by atoms with E-state index in [0.717, 1.165) is 109 Å². The van der Waals surface area contributed by atoms with Gasteiger partial charge in [0.15, 0.2) is 6.10 Å². The second kappa shape index (κ2) is 55.9. The van der Waals surface area contributed by atoms with Gasteiger partial charge in [-0.05, 0) is 109 Å². The second-order valence-electron chi connectivity index (χ2n) is 20.6. The van der Waals surface area contributed by atoms with Crippen LogP contribution in [0.4, 0.5) is 0 Å². The number of rotatable bonds is 53. The second-order valence-corrected chi connectivity index (χ2v) is 22.0. The van der Waals surface area contributed by atoms with Crippen LogP contribution in [-0.2, 0) is 32.7 Å². The molecule has 0 N–H and O–H groups in total. The molecule has 0 aliphatic heterocycles. The number of likely N-dealkylation sites (N-methyl/N-ethyl adjacent to an activating group) is 1. The van der Waals surface area contributed by atoms with Gasteiger partial charge in [-0.15, -0.1) is 0 Å². The minimum atomic E-state index is -4.66. The number of ether oxygens (including phenoxy) is 2. The molecule has 0 aromatic carbocycles. The first-order chi connectivity index (χ1) is 37.0. The Morgan fingerprint density at radius 1 is 0.408 bits per heavy atom. The van der Waals surface area contributed by atoms with Crippen molar-refractivity contribution in [2.75, 3.05) is 47.5 Å². The number of carbonyl (C=O) groups excluding carboxylic acids is 2. The fourth-order valence-corrected chi connectivity index (χ4v) is 8.36. The summed E-state index contributed by atoms with van der Waals surface area (Å²) in [5, 5.41) is 0. The fraction of sp³-hybridized carbons (Fsp3) is 0.636. The molecule has 0 saturated carbocycles. The van der Waals surface area contributed by atoms with E-state index in [2.05, 4.69) is 148 Å². The summed E-state index contributed by atoms with van der Waals surface area (Å²) < 4.78 is 34.1. The largest absolute Gasteiger partial charge is 0.756 e. The molecule has 0 bridgehead atoms. The monoisotopic (exact) mass is 1080 g/mol. The van der Waals surface area contributed by atoms with Gasteiger partial charge in [0, 0.05) is 12.8 Å². The topological polar surface area (TPSA) is 111 Å². The Morgan fingerprint density at radius 3 is 1.08 bits per heavy atom. The van der Waals surface area contributed by atoms with Crippen LogP contribution in [0.15, 0.2) is 134 Å². The number of allylic oxidation sites excluding steroid dienone is 22. The van der Waals surface area contributed by atoms with Gasteiger partial charge in [-0.2, -0.15) is 0 Å². The Morgan fingerprint density at radius 2 is 0.711 bits per heavy atom. The number of phosphoric acid groups is 1. The lowest BCUT2D eigenvalue weighted by atomic mass is 10.0. The predicted molar refractivity (Wildman–Crippen MR) is 323 cm³/mol. The number of phosphoric ester groups is 1. The summed E-state index contributed by atoms with van der Waals surface area (Å²) >= 11 is 0. The summed E-state index contributed by atoms with van der Waals surface area (Å²) in [5.74, 6) is -0.891. The van der Waals surface area contributed by atoms with Crippen LogP contribution in [0.5, 0.6) is 0 Å². The van der Waals surface area contributed by atoms with Crippen LogP contribution in [0.3, 0.4) is 0 Å². The van der Waals surface area contributed by atoms with Crippen molar-refractivity contribution in [3.05, 3.63) is 134 Å². The summed E-state index contributed by atoms with van der Waals surface area (Å²) in [6.07, 6.45) is 80.8. The molecule has 0 aromatic heterocycles. The molecule has 2 atom stereocenters. The van der Waals surface area contributed by atoms with Gasteiger partial charge in [-0.1, -0.05) is 231 Å². The number of hydrogen-bond acceptors (Lipinski definition) is 8. The van der Waals surface area contributed by atoms with E-state index in [1.54, 1.807) is 0 Å². The van der Waals surface area contributed by atoms with Crippen LogP contribution in [0.1, 0.15) is 219 Å². The van der Waals surface area contributed by atoms with Crippen molar-refractivity contribution in [2.45, 2.75) is 225 Å². The summed E-state index contributed by atoms with van der Waals surface area (Å²) in [4.78, 5) is 37.9. The number of hydrogen-bond donors (Lipinski definition) is 0. The third kappa shape index (κ3) is 59.4. The first kappa shape index (κ1) is 72.2. The van der Waals surface area contributed by atoms with Gasteiger partial charge < -0.3 is 27.9 Å². The first-order valence-electron chi connectivity index (χ1n) is 29.9. The Bertz CT molecular complexity index is 1740. The molecule has 0 spiro atoms. The average molecular weight is 1080 g/mol. The van der Waals surface area contributed by atoms with Gasteiger partial charge in [0.2, 0.25) is 0 Å². The zero-order valence-electron chi connectivity index (χ0n) is 48.9. The van der Waals surface area contributed by atoms with E-state index in [0.29, 0.717) is 17.4 Å². The van der Waals surface area contributed by atoms with Crippen molar-refractivity contribution >= 4 is 19.8 Å². The zero-order valence-corrected chi connectivity index (χ0v) is 49.8. The molecule has 10 heteroatoms. The molecule has 0 rings (SSSR count). The molecular formula is C66H110NO8P. The maximum atomic E-state index is 12.8. The van der Waals surface area contributed by atoms with Crippen LogP contribution < -0.4 is 4.89 Å². The van der Waals surface area contributed by atoms with Crippen molar-refractivity contribution < 1.29 is 42.1 Å². The summed E-state index contributed by atoms with van der Waals surface area (Å²) in [6, 6.07) is 0. The van der Waals surface area contributed by atoms with E-state index in [9.17, 15) is 19.0 Å². The van der Waals surface area contributed by atoms with Crippen LogP contribution in [0.2, 0.25) is 0 Å². The molecule has 2 unspecified atom stereocenters. The van der Waals surface area contributed by atoms with Crippen molar-refractivity contribution in [1.29, 1.82) is 0 Å². The molecule has 0 heterocycles. The smallest absolute Gasteiger partial charge is 0.306 e. The molecule has 0 radical (unpaired) electrons. The predicted octanol–water partition coefficient (Wildman–Crippen LogP) is 18.3. The highest BCUT2D eigenvalue weighted by Crippen LogP contribution is 2.38. The highest BCUT2D eigenvalue weighted by molar-refractivity contribution is 7.45. The quantitative estimate of drug-likeness (QED) is 0.0195. The molecule has 0 aliphatic carbocycles. The summed E-state index contributed by atoms with van der Waals surface area (Å²) in [7, 11) is 1.12. The molecular weight excluding hydrogens is 966 g/mol. The van der Waals surface area contributed by atoms with Crippen LogP contribution in [0.25, 0.3) is 0 Å². The Balaban J connectivity index is 4.19. The Hall–Kier alpha value is -3.85. The van der Waals surface area contributed by atoms with Crippen molar-refractivity contribution in [3.63, 3.8) is 0 Å². The Labute approximate surface area is 466 Å². The van der Waals surface area contributed by atoms with Crippen LogP contribution in [-0.4, -0.2) is 70.0 Å².